The fourth-order valence-corrected chi connectivity index (χ4v) is 4.50. The average Bonchev–Trinajstić information content (AvgIpc) is 3.42. The number of nitrogens with zero attached hydrogens (tertiary/aromatic N) is 1. The van der Waals surface area contributed by atoms with Crippen molar-refractivity contribution in [3.8, 4) is 0 Å². The monoisotopic (exact) mass is 434 g/mol. The van der Waals surface area contributed by atoms with Gasteiger partial charge in [0.2, 0.25) is 0 Å². The van der Waals surface area contributed by atoms with Crippen LogP contribution in [0.5, 0.6) is 0 Å². The second-order valence-electron chi connectivity index (χ2n) is 8.37. The van der Waals surface area contributed by atoms with E-state index in [1.54, 1.807) is 42.7 Å². The van der Waals surface area contributed by atoms with Crippen molar-refractivity contribution in [3.63, 3.8) is 0 Å². The molecule has 7 nitrogen and oxygen atoms in total. The van der Waals surface area contributed by atoms with Crippen LogP contribution in [0.15, 0.2) is 53.1 Å². The van der Waals surface area contributed by atoms with Crippen molar-refractivity contribution in [1.82, 2.24) is 9.88 Å². The van der Waals surface area contributed by atoms with E-state index >= 15 is 0 Å². The summed E-state index contributed by atoms with van der Waals surface area (Å²) in [6.45, 7) is 4.42. The van der Waals surface area contributed by atoms with E-state index in [1.165, 1.54) is 32.1 Å². The standard InChI is InChI=1S/C25H30N4O3/c1-17-15-23(18(2)29(17)21-7-4-3-5-8-21)24(30)27-19-10-12-20(13-11-19)28-25(31)26-16-22-9-6-14-32-22/h6,9-15,21H,3-5,7-8,16H2,1-2H3,(H,27,30)(H2,26,28,31). The minimum atomic E-state index is -0.326. The SMILES string of the molecule is Cc1cc(C(=O)Nc2ccc(NC(=O)NCc3ccco3)cc2)c(C)n1C1CCCCC1. The second kappa shape index (κ2) is 9.77. The third-order valence-corrected chi connectivity index (χ3v) is 6.07. The van der Waals surface area contributed by atoms with Crippen molar-refractivity contribution in [1.29, 1.82) is 0 Å². The Morgan fingerprint density at radius 2 is 1.69 bits per heavy atom. The van der Waals surface area contributed by atoms with Gasteiger partial charge in [-0.2, -0.15) is 0 Å². The Morgan fingerprint density at radius 3 is 2.34 bits per heavy atom. The van der Waals surface area contributed by atoms with Gasteiger partial charge in [0.1, 0.15) is 5.76 Å². The number of carbonyl (C=O) groups excluding carboxylic acids is 2. The summed E-state index contributed by atoms with van der Waals surface area (Å²) in [6, 6.07) is 12.8. The zero-order valence-electron chi connectivity index (χ0n) is 18.6. The van der Waals surface area contributed by atoms with Gasteiger partial charge in [0, 0.05) is 28.8 Å². The van der Waals surface area contributed by atoms with Crippen molar-refractivity contribution in [2.24, 2.45) is 0 Å². The summed E-state index contributed by atoms with van der Waals surface area (Å²) in [4.78, 5) is 25.0. The Balaban J connectivity index is 1.35. The lowest BCUT2D eigenvalue weighted by atomic mass is 9.95. The molecule has 168 valence electrons. The predicted molar refractivity (Wildman–Crippen MR) is 125 cm³/mol. The summed E-state index contributed by atoms with van der Waals surface area (Å²) >= 11 is 0. The summed E-state index contributed by atoms with van der Waals surface area (Å²) in [6.07, 6.45) is 7.74. The lowest BCUT2D eigenvalue weighted by molar-refractivity contribution is 0.102. The smallest absolute Gasteiger partial charge is 0.319 e. The maximum Gasteiger partial charge on any atom is 0.319 e. The normalized spacial score (nSPS) is 14.2. The summed E-state index contributed by atoms with van der Waals surface area (Å²) in [5.74, 6) is 0.568. The summed E-state index contributed by atoms with van der Waals surface area (Å²) in [7, 11) is 0. The van der Waals surface area contributed by atoms with Crippen LogP contribution < -0.4 is 16.0 Å². The zero-order valence-corrected chi connectivity index (χ0v) is 18.6. The third kappa shape index (κ3) is 5.04. The maximum atomic E-state index is 12.9. The highest BCUT2D eigenvalue weighted by atomic mass is 16.3. The topological polar surface area (TPSA) is 88.3 Å². The fourth-order valence-electron chi connectivity index (χ4n) is 4.50. The number of benzene rings is 1. The van der Waals surface area contributed by atoms with Gasteiger partial charge in [0.25, 0.3) is 5.91 Å². The molecule has 0 saturated heterocycles. The molecule has 3 N–H and O–H groups in total. The van der Waals surface area contributed by atoms with Gasteiger partial charge in [-0.25, -0.2) is 4.79 Å². The van der Waals surface area contributed by atoms with E-state index in [-0.39, 0.29) is 11.9 Å². The number of amides is 3. The number of rotatable bonds is 6. The van der Waals surface area contributed by atoms with Crippen molar-refractivity contribution in [3.05, 3.63) is 71.4 Å². The Labute approximate surface area is 188 Å². The molecular weight excluding hydrogens is 404 g/mol. The van der Waals surface area contributed by atoms with Crippen molar-refractivity contribution >= 4 is 23.3 Å². The van der Waals surface area contributed by atoms with Crippen molar-refractivity contribution in [2.75, 3.05) is 10.6 Å². The first-order valence-electron chi connectivity index (χ1n) is 11.2. The molecule has 1 fully saturated rings. The molecule has 0 aliphatic heterocycles. The van der Waals surface area contributed by atoms with E-state index in [9.17, 15) is 9.59 Å². The van der Waals surface area contributed by atoms with Crippen LogP contribution in [0.4, 0.5) is 16.2 Å². The molecule has 0 bridgehead atoms. The van der Waals surface area contributed by atoms with Gasteiger partial charge in [-0.05, 0) is 69.2 Å². The number of hydrogen-bond acceptors (Lipinski definition) is 3. The first kappa shape index (κ1) is 21.7. The van der Waals surface area contributed by atoms with Crippen LogP contribution in [0.1, 0.15) is 65.7 Å². The maximum absolute atomic E-state index is 12.9. The van der Waals surface area contributed by atoms with Crippen LogP contribution >= 0.6 is 0 Å². The first-order valence-corrected chi connectivity index (χ1v) is 11.2. The lowest BCUT2D eigenvalue weighted by Gasteiger charge is -2.26. The first-order chi connectivity index (χ1) is 15.5. The Morgan fingerprint density at radius 1 is 1.00 bits per heavy atom. The Kier molecular flexibility index (Phi) is 6.63. The molecule has 2 heterocycles. The minimum Gasteiger partial charge on any atom is -0.467 e. The molecule has 4 rings (SSSR count). The molecule has 2 aromatic heterocycles. The van der Waals surface area contributed by atoms with Crippen LogP contribution in [0.25, 0.3) is 0 Å². The molecule has 32 heavy (non-hydrogen) atoms. The van der Waals surface area contributed by atoms with Gasteiger partial charge in [-0.3, -0.25) is 4.79 Å². The molecule has 7 heteroatoms. The van der Waals surface area contributed by atoms with Crippen molar-refractivity contribution < 1.29 is 14.0 Å². The van der Waals surface area contributed by atoms with Crippen LogP contribution in [-0.2, 0) is 6.54 Å². The second-order valence-corrected chi connectivity index (χ2v) is 8.37. The van der Waals surface area contributed by atoms with Crippen molar-refractivity contribution in [2.45, 2.75) is 58.5 Å². The average molecular weight is 435 g/mol. The Bertz CT molecular complexity index is 1060. The lowest BCUT2D eigenvalue weighted by Crippen LogP contribution is -2.27. The fraction of sp³-hybridized carbons (Fsp3) is 0.360. The number of urea groups is 1. The molecule has 1 saturated carbocycles. The number of carbonyl (C=O) groups is 2. The number of anilines is 2. The van der Waals surface area contributed by atoms with E-state index in [0.717, 1.165) is 11.4 Å². The molecule has 0 radical (unpaired) electrons. The number of hydrogen-bond donors (Lipinski definition) is 3. The summed E-state index contributed by atoms with van der Waals surface area (Å²) in [5.41, 5.74) is 4.19. The zero-order chi connectivity index (χ0) is 22.5. The van der Waals surface area contributed by atoms with E-state index in [2.05, 4.69) is 27.4 Å². The molecule has 3 amide bonds. The molecule has 3 aromatic rings. The van der Waals surface area contributed by atoms with Crippen LogP contribution in [0.3, 0.4) is 0 Å². The van der Waals surface area contributed by atoms with Gasteiger partial charge < -0.3 is 24.9 Å². The number of aromatic nitrogens is 1. The molecule has 1 aromatic carbocycles. The molecule has 1 aliphatic carbocycles. The molecule has 0 unspecified atom stereocenters. The Hall–Kier alpha value is -3.48. The molecule has 0 spiro atoms. The summed E-state index contributed by atoms with van der Waals surface area (Å²) < 4.78 is 7.53. The highest BCUT2D eigenvalue weighted by Crippen LogP contribution is 2.32. The van der Waals surface area contributed by atoms with Gasteiger partial charge >= 0.3 is 6.03 Å². The number of aryl methyl sites for hydroxylation is 1. The minimum absolute atomic E-state index is 0.114. The molecule has 1 aliphatic rings. The number of furan rings is 1. The molecular formula is C25H30N4O3. The highest BCUT2D eigenvalue weighted by molar-refractivity contribution is 6.05. The van der Waals surface area contributed by atoms with Gasteiger partial charge in [0.05, 0.1) is 18.4 Å². The van der Waals surface area contributed by atoms with E-state index < -0.39 is 0 Å². The quantitative estimate of drug-likeness (QED) is 0.460. The van der Waals surface area contributed by atoms with E-state index in [4.69, 9.17) is 4.42 Å². The predicted octanol–water partition coefficient (Wildman–Crippen LogP) is 5.78. The van der Waals surface area contributed by atoms with Gasteiger partial charge in [-0.1, -0.05) is 19.3 Å². The van der Waals surface area contributed by atoms with Gasteiger partial charge in [-0.15, -0.1) is 0 Å². The highest BCUT2D eigenvalue weighted by Gasteiger charge is 2.22. The van der Waals surface area contributed by atoms with E-state index in [1.807, 2.05) is 13.0 Å². The van der Waals surface area contributed by atoms with E-state index in [0.29, 0.717) is 35.3 Å². The third-order valence-electron chi connectivity index (χ3n) is 6.07. The molecule has 0 atom stereocenters. The summed E-state index contributed by atoms with van der Waals surface area (Å²) in [5, 5.41) is 8.47. The van der Waals surface area contributed by atoms with Crippen LogP contribution in [0.2, 0.25) is 0 Å². The van der Waals surface area contributed by atoms with Gasteiger partial charge in [0.15, 0.2) is 0 Å². The van der Waals surface area contributed by atoms with Crippen LogP contribution in [0, 0.1) is 13.8 Å². The number of nitrogens with one attached hydrogen (secondary N) is 3. The largest absolute Gasteiger partial charge is 0.467 e. The van der Waals surface area contributed by atoms with Crippen LogP contribution in [-0.4, -0.2) is 16.5 Å².